The summed E-state index contributed by atoms with van der Waals surface area (Å²) in [6, 6.07) is 29.2. The highest BCUT2D eigenvalue weighted by Crippen LogP contribution is 2.43. The smallest absolute Gasteiger partial charge is 0.219 e. The normalized spacial score (nSPS) is 33.8. The van der Waals surface area contributed by atoms with Crippen LogP contribution in [0.3, 0.4) is 0 Å². The lowest BCUT2D eigenvalue weighted by Crippen LogP contribution is -2.62. The maximum Gasteiger partial charge on any atom is 0.219 e. The summed E-state index contributed by atoms with van der Waals surface area (Å²) in [7, 11) is 0. The van der Waals surface area contributed by atoms with Crippen LogP contribution in [0.2, 0.25) is 0 Å². The first kappa shape index (κ1) is 39.5. The van der Waals surface area contributed by atoms with Gasteiger partial charge in [0.15, 0.2) is 25.2 Å². The SMILES string of the molecule is CC1[C@@H](O[C@@H]2C(C)[C@H](OCCOCCOCCSC(=O)c3ccccc3)OC3COC(c4ccccc4)O[C@@H]32)OC2COC(c3ccccc3)O[C@@H]2[C@@H]1C. The second-order valence-corrected chi connectivity index (χ2v) is 15.3. The number of rotatable bonds is 15. The standard InChI is InChI=1S/C42H52O11S/c1-27-28(2)40(50-33-25-47-41(51-35(27)33)31-15-9-5-10-16-31)52-36-29(3)39(49-34-26-48-42(53-37(34)36)32-17-11-6-12-18-32)46-22-21-44-19-20-45-23-24-54-38(43)30-13-7-4-8-14-30/h4-18,27-29,33-37,39-42H,19-26H2,1-3H3/t27-,28?,29?,33?,34?,35-,36-,37+,39-,40-,41?,42?/m1/s1. The van der Waals surface area contributed by atoms with Gasteiger partial charge in [-0.05, 0) is 5.92 Å². The molecule has 4 heterocycles. The molecule has 0 saturated carbocycles. The number of thioether (sulfide) groups is 1. The van der Waals surface area contributed by atoms with Gasteiger partial charge in [-0.1, -0.05) is 124 Å². The molecule has 0 bridgehead atoms. The Bertz CT molecular complexity index is 1570. The number of benzene rings is 3. The zero-order chi connectivity index (χ0) is 37.3. The van der Waals surface area contributed by atoms with E-state index in [9.17, 15) is 4.79 Å². The van der Waals surface area contributed by atoms with Gasteiger partial charge in [-0.2, -0.15) is 0 Å². The van der Waals surface area contributed by atoms with Crippen LogP contribution in [0.25, 0.3) is 0 Å². The van der Waals surface area contributed by atoms with Crippen molar-refractivity contribution in [2.45, 2.75) is 76.5 Å². The highest BCUT2D eigenvalue weighted by Gasteiger charge is 2.53. The van der Waals surface area contributed by atoms with Crippen molar-refractivity contribution in [3.63, 3.8) is 0 Å². The van der Waals surface area contributed by atoms with Crippen LogP contribution in [0.5, 0.6) is 0 Å². The van der Waals surface area contributed by atoms with E-state index in [4.69, 9.17) is 47.4 Å². The summed E-state index contributed by atoms with van der Waals surface area (Å²) in [5, 5.41) is 0.0442. The van der Waals surface area contributed by atoms with Gasteiger partial charge < -0.3 is 47.4 Å². The molecule has 54 heavy (non-hydrogen) atoms. The molecular formula is C42H52O11S. The molecule has 12 atom stereocenters. The highest BCUT2D eigenvalue weighted by atomic mass is 32.2. The second-order valence-electron chi connectivity index (χ2n) is 14.2. The van der Waals surface area contributed by atoms with Crippen LogP contribution < -0.4 is 0 Å². The molecule has 0 aromatic heterocycles. The molecule has 4 fully saturated rings. The topological polar surface area (TPSA) is 109 Å². The monoisotopic (exact) mass is 764 g/mol. The van der Waals surface area contributed by atoms with Crippen molar-refractivity contribution in [1.82, 2.24) is 0 Å². The van der Waals surface area contributed by atoms with E-state index < -0.39 is 43.5 Å². The van der Waals surface area contributed by atoms with Gasteiger partial charge in [0, 0.05) is 34.3 Å². The van der Waals surface area contributed by atoms with E-state index in [1.165, 1.54) is 11.8 Å². The summed E-state index contributed by atoms with van der Waals surface area (Å²) >= 11 is 1.25. The first-order valence-corrected chi connectivity index (χ1v) is 20.0. The van der Waals surface area contributed by atoms with Crippen LogP contribution in [-0.2, 0) is 47.4 Å². The summed E-state index contributed by atoms with van der Waals surface area (Å²) < 4.78 is 63.2. The number of ether oxygens (including phenoxy) is 10. The summed E-state index contributed by atoms with van der Waals surface area (Å²) in [5.74, 6) is 0.549. The van der Waals surface area contributed by atoms with E-state index in [2.05, 4.69) is 20.8 Å². The number of hydrogen-bond donors (Lipinski definition) is 0. The number of hydrogen-bond acceptors (Lipinski definition) is 12. The minimum atomic E-state index is -0.576. The summed E-state index contributed by atoms with van der Waals surface area (Å²) in [4.78, 5) is 12.2. The Balaban J connectivity index is 0.913. The van der Waals surface area contributed by atoms with E-state index >= 15 is 0 Å². The van der Waals surface area contributed by atoms with E-state index in [1.54, 1.807) is 0 Å². The average molecular weight is 765 g/mol. The van der Waals surface area contributed by atoms with Crippen LogP contribution in [0, 0.1) is 17.8 Å². The maximum absolute atomic E-state index is 12.2. The molecule has 0 aliphatic carbocycles. The van der Waals surface area contributed by atoms with Gasteiger partial charge in [0.25, 0.3) is 0 Å². The molecule has 7 rings (SSSR count). The lowest BCUT2D eigenvalue weighted by Gasteiger charge is -2.52. The van der Waals surface area contributed by atoms with Crippen LogP contribution in [0.15, 0.2) is 91.0 Å². The molecule has 0 spiro atoms. The fraction of sp³-hybridized carbons (Fsp3) is 0.548. The predicted octanol–water partition coefficient (Wildman–Crippen LogP) is 6.58. The molecule has 4 saturated heterocycles. The minimum absolute atomic E-state index is 0.0250. The van der Waals surface area contributed by atoms with Crippen LogP contribution in [-0.4, -0.2) is 100 Å². The Morgan fingerprint density at radius 2 is 1.15 bits per heavy atom. The quantitative estimate of drug-likeness (QED) is 0.156. The Morgan fingerprint density at radius 1 is 0.611 bits per heavy atom. The Hall–Kier alpha value is -2.72. The highest BCUT2D eigenvalue weighted by molar-refractivity contribution is 8.14. The molecule has 0 radical (unpaired) electrons. The van der Waals surface area contributed by atoms with Gasteiger partial charge in [-0.25, -0.2) is 0 Å². The van der Waals surface area contributed by atoms with Gasteiger partial charge in [-0.15, -0.1) is 0 Å². The summed E-state index contributed by atoms with van der Waals surface area (Å²) in [6.07, 6.45) is -3.72. The van der Waals surface area contributed by atoms with E-state index in [0.29, 0.717) is 57.6 Å². The molecule has 292 valence electrons. The maximum atomic E-state index is 12.2. The molecule has 3 aromatic carbocycles. The number of carbonyl (C=O) groups excluding carboxylic acids is 1. The molecule has 6 unspecified atom stereocenters. The molecule has 0 N–H and O–H groups in total. The summed E-state index contributed by atoms with van der Waals surface area (Å²) in [5.41, 5.74) is 2.63. The van der Waals surface area contributed by atoms with E-state index in [-0.39, 0.29) is 35.1 Å². The van der Waals surface area contributed by atoms with Crippen molar-refractivity contribution >= 4 is 16.9 Å². The number of fused-ring (bicyclic) bond motifs is 2. The molecule has 0 amide bonds. The van der Waals surface area contributed by atoms with Crippen LogP contribution in [0.4, 0.5) is 0 Å². The first-order chi connectivity index (χ1) is 26.5. The number of carbonyl (C=O) groups is 1. The zero-order valence-electron chi connectivity index (χ0n) is 31.1. The van der Waals surface area contributed by atoms with Crippen LogP contribution >= 0.6 is 11.8 Å². The van der Waals surface area contributed by atoms with Gasteiger partial charge in [0.1, 0.15) is 18.3 Å². The predicted molar refractivity (Wildman–Crippen MR) is 201 cm³/mol. The van der Waals surface area contributed by atoms with Crippen LogP contribution in [0.1, 0.15) is 54.8 Å². The van der Waals surface area contributed by atoms with Crippen molar-refractivity contribution in [2.75, 3.05) is 52.0 Å². The van der Waals surface area contributed by atoms with Gasteiger partial charge >= 0.3 is 0 Å². The Morgan fingerprint density at radius 3 is 1.80 bits per heavy atom. The molecule has 4 aliphatic heterocycles. The third-order valence-corrected chi connectivity index (χ3v) is 11.4. The second kappa shape index (κ2) is 19.4. The molecule has 11 nitrogen and oxygen atoms in total. The lowest BCUT2D eigenvalue weighted by molar-refractivity contribution is -0.391. The fourth-order valence-corrected chi connectivity index (χ4v) is 8.03. The van der Waals surface area contributed by atoms with E-state index in [0.717, 1.165) is 11.1 Å². The van der Waals surface area contributed by atoms with Gasteiger partial charge in [0.2, 0.25) is 5.12 Å². The van der Waals surface area contributed by atoms with Crippen molar-refractivity contribution in [3.05, 3.63) is 108 Å². The third kappa shape index (κ3) is 9.80. The molecule has 3 aromatic rings. The first-order valence-electron chi connectivity index (χ1n) is 19.1. The van der Waals surface area contributed by atoms with Gasteiger partial charge in [-0.3, -0.25) is 4.79 Å². The Kier molecular flexibility index (Phi) is 14.2. The summed E-state index contributed by atoms with van der Waals surface area (Å²) in [6.45, 7) is 9.14. The van der Waals surface area contributed by atoms with Gasteiger partial charge in [0.05, 0.1) is 58.5 Å². The largest absolute Gasteiger partial charge is 0.378 e. The molecule has 12 heteroatoms. The molecule has 4 aliphatic rings. The average Bonchev–Trinajstić information content (AvgIpc) is 3.22. The molecular weight excluding hydrogens is 713 g/mol. The lowest BCUT2D eigenvalue weighted by atomic mass is 9.83. The van der Waals surface area contributed by atoms with Crippen molar-refractivity contribution in [3.8, 4) is 0 Å². The third-order valence-electron chi connectivity index (χ3n) is 10.6. The van der Waals surface area contributed by atoms with E-state index in [1.807, 2.05) is 91.0 Å². The Labute approximate surface area is 322 Å². The van der Waals surface area contributed by atoms with Crippen molar-refractivity contribution < 1.29 is 52.2 Å². The minimum Gasteiger partial charge on any atom is -0.378 e. The van der Waals surface area contributed by atoms with Crippen molar-refractivity contribution in [2.24, 2.45) is 17.8 Å². The zero-order valence-corrected chi connectivity index (χ0v) is 32.0. The van der Waals surface area contributed by atoms with Crippen molar-refractivity contribution in [1.29, 1.82) is 0 Å². The fourth-order valence-electron chi connectivity index (χ4n) is 7.34.